The molecule has 1 unspecified atom stereocenters. The van der Waals surface area contributed by atoms with Gasteiger partial charge in [-0.3, -0.25) is 14.4 Å². The molecular formula is C10H18N2O4. The van der Waals surface area contributed by atoms with Crippen LogP contribution in [0.2, 0.25) is 0 Å². The molecule has 0 aromatic carbocycles. The second kappa shape index (κ2) is 7.67. The molecule has 0 aromatic rings. The van der Waals surface area contributed by atoms with E-state index in [1.807, 2.05) is 13.8 Å². The second-order valence-corrected chi connectivity index (χ2v) is 3.55. The maximum absolute atomic E-state index is 11.2. The van der Waals surface area contributed by atoms with E-state index >= 15 is 0 Å². The van der Waals surface area contributed by atoms with Crippen molar-refractivity contribution in [1.82, 2.24) is 10.6 Å². The first kappa shape index (κ1) is 14.4. The summed E-state index contributed by atoms with van der Waals surface area (Å²) in [4.78, 5) is 32.3. The summed E-state index contributed by atoms with van der Waals surface area (Å²) in [7, 11) is 0. The molecule has 0 aliphatic rings. The van der Waals surface area contributed by atoms with Crippen LogP contribution in [0.15, 0.2) is 0 Å². The van der Waals surface area contributed by atoms with Gasteiger partial charge in [-0.15, -0.1) is 0 Å². The highest BCUT2D eigenvalue weighted by Crippen LogP contribution is 1.89. The summed E-state index contributed by atoms with van der Waals surface area (Å²) in [5.74, 6) is -1.91. The van der Waals surface area contributed by atoms with Gasteiger partial charge >= 0.3 is 5.97 Å². The zero-order chi connectivity index (χ0) is 12.6. The maximum atomic E-state index is 11.2. The topological polar surface area (TPSA) is 95.5 Å². The van der Waals surface area contributed by atoms with Crippen molar-refractivity contribution in [3.63, 3.8) is 0 Å². The van der Waals surface area contributed by atoms with E-state index in [2.05, 4.69) is 10.6 Å². The molecule has 6 nitrogen and oxygen atoms in total. The van der Waals surface area contributed by atoms with E-state index in [1.165, 1.54) is 0 Å². The van der Waals surface area contributed by atoms with E-state index in [-0.39, 0.29) is 24.9 Å². The number of rotatable bonds is 7. The summed E-state index contributed by atoms with van der Waals surface area (Å²) in [6.07, 6.45) is 0.444. The lowest BCUT2D eigenvalue weighted by atomic mass is 10.2. The van der Waals surface area contributed by atoms with Gasteiger partial charge in [-0.1, -0.05) is 6.92 Å². The highest BCUT2D eigenvalue weighted by atomic mass is 16.4. The number of carboxylic acid groups (broad SMARTS) is 1. The summed E-state index contributed by atoms with van der Waals surface area (Å²) in [5, 5.41) is 13.4. The zero-order valence-electron chi connectivity index (χ0n) is 9.58. The van der Waals surface area contributed by atoms with Crippen molar-refractivity contribution in [2.24, 2.45) is 0 Å². The molecule has 0 aliphatic heterocycles. The molecule has 0 spiro atoms. The van der Waals surface area contributed by atoms with Gasteiger partial charge in [-0.05, 0) is 13.3 Å². The number of amides is 2. The van der Waals surface area contributed by atoms with E-state index in [4.69, 9.17) is 5.11 Å². The molecule has 0 saturated carbocycles. The smallest absolute Gasteiger partial charge is 0.312 e. The molecule has 16 heavy (non-hydrogen) atoms. The molecule has 1 atom stereocenters. The predicted octanol–water partition coefficient (Wildman–Crippen LogP) is -0.118. The average molecular weight is 230 g/mol. The minimum absolute atomic E-state index is 0.113. The Morgan fingerprint density at radius 2 is 1.88 bits per heavy atom. The molecular weight excluding hydrogens is 212 g/mol. The highest BCUT2D eigenvalue weighted by molar-refractivity contribution is 5.93. The Bertz CT molecular complexity index is 266. The molecule has 0 saturated heterocycles. The molecule has 3 N–H and O–H groups in total. The molecule has 0 radical (unpaired) electrons. The fourth-order valence-electron chi connectivity index (χ4n) is 0.964. The van der Waals surface area contributed by atoms with E-state index in [0.717, 1.165) is 6.42 Å². The largest absolute Gasteiger partial charge is 0.481 e. The Balaban J connectivity index is 3.62. The fourth-order valence-corrected chi connectivity index (χ4v) is 0.964. The lowest BCUT2D eigenvalue weighted by Crippen LogP contribution is -2.35. The van der Waals surface area contributed by atoms with Crippen LogP contribution < -0.4 is 10.6 Å². The predicted molar refractivity (Wildman–Crippen MR) is 57.8 cm³/mol. The number of carboxylic acids is 1. The molecule has 2 amide bonds. The number of nitrogens with one attached hydrogen (secondary N) is 2. The minimum Gasteiger partial charge on any atom is -0.481 e. The standard InChI is InChI=1S/C10H18N2O4/c1-3-7(2)12-8(13)4-5-11-9(14)6-10(15)16/h7H,3-6H2,1-2H3,(H,11,14)(H,12,13)(H,15,16). The maximum Gasteiger partial charge on any atom is 0.312 e. The van der Waals surface area contributed by atoms with Crippen LogP contribution >= 0.6 is 0 Å². The molecule has 6 heteroatoms. The van der Waals surface area contributed by atoms with Gasteiger partial charge in [0.05, 0.1) is 0 Å². The summed E-state index contributed by atoms with van der Waals surface area (Å²) >= 11 is 0. The van der Waals surface area contributed by atoms with Crippen LogP contribution in [0.4, 0.5) is 0 Å². The van der Waals surface area contributed by atoms with Crippen LogP contribution in [-0.4, -0.2) is 35.5 Å². The number of hydrogen-bond acceptors (Lipinski definition) is 3. The van der Waals surface area contributed by atoms with E-state index < -0.39 is 18.3 Å². The molecule has 0 aromatic heterocycles. The Labute approximate surface area is 94.4 Å². The van der Waals surface area contributed by atoms with Gasteiger partial charge in [-0.25, -0.2) is 0 Å². The van der Waals surface area contributed by atoms with Crippen LogP contribution in [-0.2, 0) is 14.4 Å². The Morgan fingerprint density at radius 1 is 1.25 bits per heavy atom. The summed E-state index contributed by atoms with van der Waals surface area (Å²) in [5.41, 5.74) is 0. The fraction of sp³-hybridized carbons (Fsp3) is 0.700. The van der Waals surface area contributed by atoms with Crippen molar-refractivity contribution in [3.05, 3.63) is 0 Å². The Kier molecular flexibility index (Phi) is 6.91. The first-order valence-corrected chi connectivity index (χ1v) is 5.23. The van der Waals surface area contributed by atoms with Gasteiger partial charge in [0.15, 0.2) is 0 Å². The third kappa shape index (κ3) is 7.78. The summed E-state index contributed by atoms with van der Waals surface area (Å²) < 4.78 is 0. The van der Waals surface area contributed by atoms with Crippen molar-refractivity contribution < 1.29 is 19.5 Å². The van der Waals surface area contributed by atoms with Gasteiger partial charge in [0.1, 0.15) is 6.42 Å². The second-order valence-electron chi connectivity index (χ2n) is 3.55. The van der Waals surface area contributed by atoms with E-state index in [9.17, 15) is 14.4 Å². The molecule has 0 heterocycles. The number of aliphatic carboxylic acids is 1. The Morgan fingerprint density at radius 3 is 2.38 bits per heavy atom. The van der Waals surface area contributed by atoms with E-state index in [1.54, 1.807) is 0 Å². The van der Waals surface area contributed by atoms with Gasteiger partial charge in [-0.2, -0.15) is 0 Å². The molecule has 0 rings (SSSR count). The number of carbonyl (C=O) groups is 3. The number of hydrogen-bond donors (Lipinski definition) is 3. The normalized spacial score (nSPS) is 11.6. The third-order valence-electron chi connectivity index (χ3n) is 2.01. The van der Waals surface area contributed by atoms with Gasteiger partial charge < -0.3 is 15.7 Å². The minimum atomic E-state index is -1.18. The first-order chi connectivity index (χ1) is 7.45. The van der Waals surface area contributed by atoms with Gasteiger partial charge in [0.2, 0.25) is 11.8 Å². The van der Waals surface area contributed by atoms with E-state index in [0.29, 0.717) is 0 Å². The quantitative estimate of drug-likeness (QED) is 0.531. The van der Waals surface area contributed by atoms with Crippen molar-refractivity contribution in [1.29, 1.82) is 0 Å². The molecule has 0 fully saturated rings. The lowest BCUT2D eigenvalue weighted by Gasteiger charge is -2.11. The van der Waals surface area contributed by atoms with Crippen molar-refractivity contribution in [2.45, 2.75) is 39.2 Å². The van der Waals surface area contributed by atoms with Crippen LogP contribution in [0, 0.1) is 0 Å². The average Bonchev–Trinajstić information content (AvgIpc) is 2.16. The summed E-state index contributed by atoms with van der Waals surface area (Å²) in [6, 6.07) is 0.113. The lowest BCUT2D eigenvalue weighted by molar-refractivity contribution is -0.140. The zero-order valence-corrected chi connectivity index (χ0v) is 9.58. The van der Waals surface area contributed by atoms with Crippen molar-refractivity contribution in [2.75, 3.05) is 6.54 Å². The highest BCUT2D eigenvalue weighted by Gasteiger charge is 2.08. The van der Waals surface area contributed by atoms with Crippen molar-refractivity contribution in [3.8, 4) is 0 Å². The Hall–Kier alpha value is -1.59. The van der Waals surface area contributed by atoms with Crippen LogP contribution in [0.5, 0.6) is 0 Å². The molecule has 0 aliphatic carbocycles. The van der Waals surface area contributed by atoms with Crippen molar-refractivity contribution >= 4 is 17.8 Å². The SMILES string of the molecule is CCC(C)NC(=O)CCNC(=O)CC(=O)O. The van der Waals surface area contributed by atoms with Gasteiger partial charge in [0.25, 0.3) is 0 Å². The molecule has 0 bridgehead atoms. The third-order valence-corrected chi connectivity index (χ3v) is 2.01. The monoisotopic (exact) mass is 230 g/mol. The number of carbonyl (C=O) groups excluding carboxylic acids is 2. The van der Waals surface area contributed by atoms with Crippen LogP contribution in [0.3, 0.4) is 0 Å². The molecule has 92 valence electrons. The first-order valence-electron chi connectivity index (χ1n) is 5.23. The van der Waals surface area contributed by atoms with Crippen LogP contribution in [0.1, 0.15) is 33.1 Å². The van der Waals surface area contributed by atoms with Crippen LogP contribution in [0.25, 0.3) is 0 Å². The summed E-state index contributed by atoms with van der Waals surface area (Å²) in [6.45, 7) is 4.01. The van der Waals surface area contributed by atoms with Gasteiger partial charge in [0, 0.05) is 19.0 Å².